The lowest BCUT2D eigenvalue weighted by Crippen LogP contribution is -2.41. The predicted molar refractivity (Wildman–Crippen MR) is 156 cm³/mol. The van der Waals surface area contributed by atoms with Crippen LogP contribution in [0.15, 0.2) is 54.9 Å². The molecule has 210 valence electrons. The molecule has 3 N–H and O–H groups in total. The standard InChI is InChI=1S/C29H29ClN8O3/c1-28(2,3)22-13-23(38(37-22)19-8-6-7-17(11-19)14-31)35-27(39)34-18-9-10-21(20(30)12-18)41-26-24-25(32-16-33-26)36-29(4,5)15-40-24/h6-13,16H,15H2,1-5H3,(H,32,33,36)(H2,34,35,39). The summed E-state index contributed by atoms with van der Waals surface area (Å²) >= 11 is 6.50. The van der Waals surface area contributed by atoms with E-state index in [-0.39, 0.29) is 21.9 Å². The number of benzene rings is 2. The first-order valence-corrected chi connectivity index (χ1v) is 13.2. The van der Waals surface area contributed by atoms with Crippen molar-refractivity contribution < 1.29 is 14.3 Å². The first-order valence-electron chi connectivity index (χ1n) is 12.8. The van der Waals surface area contributed by atoms with Crippen LogP contribution in [0.1, 0.15) is 45.9 Å². The Balaban J connectivity index is 1.33. The molecule has 0 spiro atoms. The van der Waals surface area contributed by atoms with Crippen molar-refractivity contribution in [2.75, 3.05) is 22.6 Å². The fourth-order valence-corrected chi connectivity index (χ4v) is 4.26. The van der Waals surface area contributed by atoms with Crippen molar-refractivity contribution in [1.82, 2.24) is 19.7 Å². The molecule has 41 heavy (non-hydrogen) atoms. The minimum absolute atomic E-state index is 0.224. The SMILES string of the molecule is CC1(C)COc2c(ncnc2Oc2ccc(NC(=O)Nc3cc(C(C)(C)C)nn3-c3cccc(C#N)c3)cc2Cl)N1. The molecular formula is C29H29ClN8O3. The highest BCUT2D eigenvalue weighted by Gasteiger charge is 2.30. The Morgan fingerprint density at radius 3 is 2.71 bits per heavy atom. The first-order chi connectivity index (χ1) is 19.4. The third-order valence-corrected chi connectivity index (χ3v) is 6.44. The molecule has 0 saturated heterocycles. The molecule has 11 nitrogen and oxygen atoms in total. The molecule has 5 rings (SSSR count). The average Bonchev–Trinajstić information content (AvgIpc) is 3.34. The van der Waals surface area contributed by atoms with Gasteiger partial charge in [-0.1, -0.05) is 38.4 Å². The van der Waals surface area contributed by atoms with Crippen molar-refractivity contribution in [2.45, 2.75) is 45.6 Å². The van der Waals surface area contributed by atoms with Crippen LogP contribution in [-0.4, -0.2) is 37.9 Å². The van der Waals surface area contributed by atoms with Gasteiger partial charge in [-0.25, -0.2) is 14.5 Å². The van der Waals surface area contributed by atoms with Gasteiger partial charge in [-0.15, -0.1) is 0 Å². The molecule has 0 saturated carbocycles. The number of nitrogens with one attached hydrogen (secondary N) is 3. The molecule has 0 fully saturated rings. The Hall–Kier alpha value is -4.82. The zero-order valence-electron chi connectivity index (χ0n) is 23.2. The number of amides is 2. The number of ether oxygens (including phenoxy) is 2. The van der Waals surface area contributed by atoms with E-state index in [9.17, 15) is 10.1 Å². The van der Waals surface area contributed by atoms with Gasteiger partial charge in [0.2, 0.25) is 5.75 Å². The summed E-state index contributed by atoms with van der Waals surface area (Å²) in [6.07, 6.45) is 1.38. The molecule has 0 atom stereocenters. The Morgan fingerprint density at radius 2 is 1.98 bits per heavy atom. The van der Waals surface area contributed by atoms with Crippen LogP contribution in [0.2, 0.25) is 5.02 Å². The maximum absolute atomic E-state index is 13.0. The molecule has 2 amide bonds. The smallest absolute Gasteiger partial charge is 0.324 e. The van der Waals surface area contributed by atoms with Crippen molar-refractivity contribution >= 4 is 35.0 Å². The molecule has 0 aliphatic carbocycles. The molecule has 0 bridgehead atoms. The maximum Gasteiger partial charge on any atom is 0.324 e. The van der Waals surface area contributed by atoms with Crippen molar-refractivity contribution in [2.24, 2.45) is 0 Å². The van der Waals surface area contributed by atoms with Gasteiger partial charge in [0.05, 0.1) is 33.6 Å². The van der Waals surface area contributed by atoms with E-state index < -0.39 is 6.03 Å². The van der Waals surface area contributed by atoms with Gasteiger partial charge in [-0.3, -0.25) is 5.32 Å². The fourth-order valence-electron chi connectivity index (χ4n) is 4.04. The van der Waals surface area contributed by atoms with Crippen LogP contribution < -0.4 is 25.4 Å². The minimum atomic E-state index is -0.500. The zero-order valence-corrected chi connectivity index (χ0v) is 24.0. The third-order valence-electron chi connectivity index (χ3n) is 6.14. The van der Waals surface area contributed by atoms with Gasteiger partial charge in [-0.05, 0) is 50.2 Å². The first kappa shape index (κ1) is 27.7. The Kier molecular flexibility index (Phi) is 7.19. The van der Waals surface area contributed by atoms with E-state index in [1.165, 1.54) is 6.33 Å². The molecule has 3 heterocycles. The van der Waals surface area contributed by atoms with E-state index in [1.807, 2.05) is 46.8 Å². The number of anilines is 3. The molecule has 1 aliphatic heterocycles. The zero-order chi connectivity index (χ0) is 29.4. The largest absolute Gasteiger partial charge is 0.483 e. The average molecular weight is 573 g/mol. The molecule has 0 radical (unpaired) electrons. The maximum atomic E-state index is 13.0. The number of nitrogens with zero attached hydrogens (tertiary/aromatic N) is 5. The summed E-state index contributed by atoms with van der Waals surface area (Å²) in [6.45, 7) is 10.5. The van der Waals surface area contributed by atoms with Crippen molar-refractivity contribution in [3.8, 4) is 29.1 Å². The van der Waals surface area contributed by atoms with Gasteiger partial charge in [0.25, 0.3) is 5.88 Å². The van der Waals surface area contributed by atoms with E-state index >= 15 is 0 Å². The van der Waals surface area contributed by atoms with Gasteiger partial charge in [0.1, 0.15) is 24.5 Å². The van der Waals surface area contributed by atoms with Crippen LogP contribution in [0.4, 0.5) is 22.1 Å². The fraction of sp³-hybridized carbons (Fsp3) is 0.276. The van der Waals surface area contributed by atoms with Crippen LogP contribution in [0.25, 0.3) is 5.69 Å². The van der Waals surface area contributed by atoms with Crippen molar-refractivity contribution in [3.05, 3.63) is 71.1 Å². The summed E-state index contributed by atoms with van der Waals surface area (Å²) in [6, 6.07) is 15.3. The van der Waals surface area contributed by atoms with Crippen LogP contribution in [-0.2, 0) is 5.41 Å². The number of carbonyl (C=O) groups is 1. The Bertz CT molecular complexity index is 1670. The Morgan fingerprint density at radius 1 is 1.17 bits per heavy atom. The van der Waals surface area contributed by atoms with E-state index in [4.69, 9.17) is 26.2 Å². The number of fused-ring (bicyclic) bond motifs is 1. The molecule has 1 aliphatic rings. The summed E-state index contributed by atoms with van der Waals surface area (Å²) in [7, 11) is 0. The van der Waals surface area contributed by atoms with Gasteiger partial charge in [-0.2, -0.15) is 15.3 Å². The third kappa shape index (κ3) is 6.18. The lowest BCUT2D eigenvalue weighted by Gasteiger charge is -2.32. The van der Waals surface area contributed by atoms with Gasteiger partial charge < -0.3 is 20.1 Å². The van der Waals surface area contributed by atoms with Crippen LogP contribution in [0.5, 0.6) is 17.4 Å². The van der Waals surface area contributed by atoms with Crippen LogP contribution in [0.3, 0.4) is 0 Å². The van der Waals surface area contributed by atoms with E-state index in [0.717, 1.165) is 5.69 Å². The Labute approximate surface area is 242 Å². The number of rotatable bonds is 5. The van der Waals surface area contributed by atoms with E-state index in [2.05, 4.69) is 32.0 Å². The summed E-state index contributed by atoms with van der Waals surface area (Å²) < 4.78 is 13.4. The topological polar surface area (TPSA) is 139 Å². The second-order valence-corrected chi connectivity index (χ2v) is 11.6. The molecular weight excluding hydrogens is 544 g/mol. The number of aromatic nitrogens is 4. The number of hydrogen-bond donors (Lipinski definition) is 3. The van der Waals surface area contributed by atoms with Crippen LogP contribution in [0, 0.1) is 11.3 Å². The monoisotopic (exact) mass is 572 g/mol. The normalized spacial score (nSPS) is 13.7. The molecule has 0 unspecified atom stereocenters. The summed E-state index contributed by atoms with van der Waals surface area (Å²) in [5, 5.41) is 23.2. The second kappa shape index (κ2) is 10.6. The lowest BCUT2D eigenvalue weighted by molar-refractivity contribution is 0.229. The summed E-state index contributed by atoms with van der Waals surface area (Å²) in [5.74, 6) is 1.93. The van der Waals surface area contributed by atoms with Gasteiger partial charge in [0.15, 0.2) is 5.82 Å². The van der Waals surface area contributed by atoms with E-state index in [1.54, 1.807) is 41.1 Å². The summed E-state index contributed by atoms with van der Waals surface area (Å²) in [5.41, 5.74) is 1.80. The highest BCUT2D eigenvalue weighted by Crippen LogP contribution is 2.40. The quantitative estimate of drug-likeness (QED) is 0.246. The summed E-state index contributed by atoms with van der Waals surface area (Å²) in [4.78, 5) is 21.4. The molecule has 2 aromatic carbocycles. The number of carbonyl (C=O) groups excluding carboxylic acids is 1. The molecule has 4 aromatic rings. The van der Waals surface area contributed by atoms with Crippen molar-refractivity contribution in [1.29, 1.82) is 5.26 Å². The lowest BCUT2D eigenvalue weighted by atomic mass is 9.92. The predicted octanol–water partition coefficient (Wildman–Crippen LogP) is 6.50. The van der Waals surface area contributed by atoms with Gasteiger partial charge in [0, 0.05) is 17.2 Å². The number of urea groups is 1. The van der Waals surface area contributed by atoms with Gasteiger partial charge >= 0.3 is 6.03 Å². The number of nitriles is 1. The second-order valence-electron chi connectivity index (χ2n) is 11.2. The van der Waals surface area contributed by atoms with Crippen molar-refractivity contribution in [3.63, 3.8) is 0 Å². The van der Waals surface area contributed by atoms with E-state index in [0.29, 0.717) is 46.7 Å². The number of hydrogen-bond acceptors (Lipinski definition) is 8. The number of halogens is 1. The van der Waals surface area contributed by atoms with Crippen LogP contribution >= 0.6 is 11.6 Å². The highest BCUT2D eigenvalue weighted by molar-refractivity contribution is 6.32. The molecule has 12 heteroatoms. The highest BCUT2D eigenvalue weighted by atomic mass is 35.5. The molecule has 2 aromatic heterocycles. The minimum Gasteiger partial charge on any atom is -0.483 e.